The molecule has 0 amide bonds. The lowest BCUT2D eigenvalue weighted by Gasteiger charge is -2.15. The Labute approximate surface area is 158 Å². The summed E-state index contributed by atoms with van der Waals surface area (Å²) in [4.78, 5) is 16.7. The first-order valence-corrected chi connectivity index (χ1v) is 8.69. The van der Waals surface area contributed by atoms with Crippen molar-refractivity contribution in [2.75, 3.05) is 19.0 Å². The Kier molecular flexibility index (Phi) is 5.37. The van der Waals surface area contributed by atoms with E-state index in [1.54, 1.807) is 44.4 Å². The van der Waals surface area contributed by atoms with E-state index < -0.39 is 11.8 Å². The fourth-order valence-corrected chi connectivity index (χ4v) is 3.05. The largest absolute Gasteiger partial charge is 0.495 e. The van der Waals surface area contributed by atoms with Crippen LogP contribution in [0.15, 0.2) is 47.1 Å². The van der Waals surface area contributed by atoms with Gasteiger partial charge in [-0.2, -0.15) is 0 Å². The van der Waals surface area contributed by atoms with E-state index in [1.807, 2.05) is 0 Å². The molecule has 3 aromatic rings. The molecule has 26 heavy (non-hydrogen) atoms. The third-order valence-electron chi connectivity index (χ3n) is 3.77. The van der Waals surface area contributed by atoms with Crippen molar-refractivity contribution in [3.05, 3.63) is 58.4 Å². The SMILES string of the molecule is CCOC(=O)c1cnc2cc(OC)c(Br)cc2c1Nc1ccccc1F. The molecule has 3 rings (SSSR count). The van der Waals surface area contributed by atoms with Gasteiger partial charge in [0.15, 0.2) is 0 Å². The Morgan fingerprint density at radius 1 is 1.31 bits per heavy atom. The highest BCUT2D eigenvalue weighted by Crippen LogP contribution is 2.36. The van der Waals surface area contributed by atoms with Crippen molar-refractivity contribution in [2.24, 2.45) is 0 Å². The van der Waals surface area contributed by atoms with Crippen LogP contribution in [0.1, 0.15) is 17.3 Å². The minimum Gasteiger partial charge on any atom is -0.495 e. The summed E-state index contributed by atoms with van der Waals surface area (Å²) in [5.41, 5.74) is 1.48. The number of pyridine rings is 1. The summed E-state index contributed by atoms with van der Waals surface area (Å²) >= 11 is 3.43. The van der Waals surface area contributed by atoms with E-state index in [0.717, 1.165) is 0 Å². The highest BCUT2D eigenvalue weighted by atomic mass is 79.9. The Morgan fingerprint density at radius 2 is 2.08 bits per heavy atom. The predicted octanol–water partition coefficient (Wildman–Crippen LogP) is 5.07. The molecule has 0 saturated heterocycles. The molecule has 134 valence electrons. The van der Waals surface area contributed by atoms with Crippen LogP contribution < -0.4 is 10.1 Å². The number of nitrogens with zero attached hydrogens (tertiary/aromatic N) is 1. The molecule has 7 heteroatoms. The van der Waals surface area contributed by atoms with Crippen molar-refractivity contribution in [1.82, 2.24) is 4.98 Å². The fourth-order valence-electron chi connectivity index (χ4n) is 2.55. The number of hydrogen-bond donors (Lipinski definition) is 1. The van der Waals surface area contributed by atoms with Crippen LogP contribution in [-0.2, 0) is 4.74 Å². The molecule has 0 spiro atoms. The lowest BCUT2D eigenvalue weighted by Crippen LogP contribution is -2.10. The molecule has 0 aliphatic rings. The van der Waals surface area contributed by atoms with E-state index in [1.165, 1.54) is 12.3 Å². The van der Waals surface area contributed by atoms with Crippen LogP contribution in [0.4, 0.5) is 15.8 Å². The maximum absolute atomic E-state index is 14.1. The summed E-state index contributed by atoms with van der Waals surface area (Å²) in [6, 6.07) is 9.74. The predicted molar refractivity (Wildman–Crippen MR) is 102 cm³/mol. The standard InChI is InChI=1S/C19H16BrFN2O3/c1-3-26-19(24)12-10-22-16-9-17(25-2)13(20)8-11(16)18(12)23-15-7-5-4-6-14(15)21/h4-10H,3H2,1-2H3,(H,22,23). The molecule has 0 aliphatic carbocycles. The molecule has 0 radical (unpaired) electrons. The third kappa shape index (κ3) is 3.48. The summed E-state index contributed by atoms with van der Waals surface area (Å²) in [5, 5.41) is 3.64. The number of carbonyl (C=O) groups excluding carboxylic acids is 1. The van der Waals surface area contributed by atoms with Crippen LogP contribution in [-0.4, -0.2) is 24.7 Å². The molecule has 1 N–H and O–H groups in total. The Hall–Kier alpha value is -2.67. The molecule has 1 aromatic heterocycles. The molecule has 0 atom stereocenters. The first-order chi connectivity index (χ1) is 12.5. The normalized spacial score (nSPS) is 10.6. The summed E-state index contributed by atoms with van der Waals surface area (Å²) in [6.07, 6.45) is 1.41. The van der Waals surface area contributed by atoms with Gasteiger partial charge in [-0.15, -0.1) is 0 Å². The number of halogens is 2. The fraction of sp³-hybridized carbons (Fsp3) is 0.158. The van der Waals surface area contributed by atoms with Crippen molar-refractivity contribution in [3.8, 4) is 5.75 Å². The van der Waals surface area contributed by atoms with E-state index in [-0.39, 0.29) is 17.9 Å². The van der Waals surface area contributed by atoms with Crippen molar-refractivity contribution in [1.29, 1.82) is 0 Å². The van der Waals surface area contributed by atoms with Crippen molar-refractivity contribution < 1.29 is 18.7 Å². The van der Waals surface area contributed by atoms with Crippen molar-refractivity contribution in [3.63, 3.8) is 0 Å². The number of rotatable bonds is 5. The van der Waals surface area contributed by atoms with Gasteiger partial charge in [-0.1, -0.05) is 12.1 Å². The number of methoxy groups -OCH3 is 1. The molecule has 0 unspecified atom stereocenters. The van der Waals surface area contributed by atoms with Gasteiger partial charge in [-0.3, -0.25) is 4.98 Å². The van der Waals surface area contributed by atoms with Crippen molar-refractivity contribution in [2.45, 2.75) is 6.92 Å². The molecule has 0 fully saturated rings. The lowest BCUT2D eigenvalue weighted by atomic mass is 10.1. The molecule has 5 nitrogen and oxygen atoms in total. The zero-order valence-corrected chi connectivity index (χ0v) is 15.8. The molecule has 2 aromatic carbocycles. The maximum atomic E-state index is 14.1. The first-order valence-electron chi connectivity index (χ1n) is 7.90. The zero-order valence-electron chi connectivity index (χ0n) is 14.2. The summed E-state index contributed by atoms with van der Waals surface area (Å²) in [6.45, 7) is 1.94. The number of esters is 1. The van der Waals surface area contributed by atoms with Crippen LogP contribution in [0.2, 0.25) is 0 Å². The zero-order chi connectivity index (χ0) is 18.7. The van der Waals surface area contributed by atoms with Crippen LogP contribution in [0.3, 0.4) is 0 Å². The molecular weight excluding hydrogens is 403 g/mol. The van der Waals surface area contributed by atoms with Gasteiger partial charge in [0.2, 0.25) is 0 Å². The van der Waals surface area contributed by atoms with Gasteiger partial charge >= 0.3 is 5.97 Å². The molecule has 0 bridgehead atoms. The van der Waals surface area contributed by atoms with Crippen LogP contribution >= 0.6 is 15.9 Å². The number of carbonyl (C=O) groups is 1. The van der Waals surface area contributed by atoms with E-state index in [2.05, 4.69) is 26.2 Å². The van der Waals surface area contributed by atoms with E-state index >= 15 is 0 Å². The van der Waals surface area contributed by atoms with E-state index in [4.69, 9.17) is 9.47 Å². The molecule has 0 saturated carbocycles. The molecule has 0 aliphatic heterocycles. The van der Waals surface area contributed by atoms with Gasteiger partial charge in [0.25, 0.3) is 0 Å². The maximum Gasteiger partial charge on any atom is 0.341 e. The minimum absolute atomic E-state index is 0.222. The van der Waals surface area contributed by atoms with Gasteiger partial charge in [0.1, 0.15) is 17.1 Å². The minimum atomic E-state index is -0.535. The number of anilines is 2. The summed E-state index contributed by atoms with van der Waals surface area (Å²) < 4.78 is 25.2. The van der Waals surface area contributed by atoms with E-state index in [0.29, 0.717) is 26.8 Å². The number of para-hydroxylation sites is 1. The number of ether oxygens (including phenoxy) is 2. The number of fused-ring (bicyclic) bond motifs is 1. The summed E-state index contributed by atoms with van der Waals surface area (Å²) in [7, 11) is 1.55. The monoisotopic (exact) mass is 418 g/mol. The van der Waals surface area contributed by atoms with Gasteiger partial charge in [0.05, 0.1) is 35.1 Å². The highest BCUT2D eigenvalue weighted by Gasteiger charge is 2.19. The van der Waals surface area contributed by atoms with Crippen LogP contribution in [0.25, 0.3) is 10.9 Å². The van der Waals surface area contributed by atoms with Gasteiger partial charge in [0, 0.05) is 17.6 Å². The average Bonchev–Trinajstić information content (AvgIpc) is 2.63. The second-order valence-corrected chi connectivity index (χ2v) is 6.23. The van der Waals surface area contributed by atoms with E-state index in [9.17, 15) is 9.18 Å². The van der Waals surface area contributed by atoms with Gasteiger partial charge in [-0.05, 0) is 41.1 Å². The van der Waals surface area contributed by atoms with Crippen molar-refractivity contribution >= 4 is 44.2 Å². The third-order valence-corrected chi connectivity index (χ3v) is 4.39. The summed E-state index contributed by atoms with van der Waals surface area (Å²) in [5.74, 6) is -0.363. The Bertz CT molecular complexity index is 978. The molecular formula is C19H16BrFN2O3. The number of nitrogens with one attached hydrogen (secondary N) is 1. The Balaban J connectivity index is 2.23. The Morgan fingerprint density at radius 3 is 2.77 bits per heavy atom. The van der Waals surface area contributed by atoms with Gasteiger partial charge in [-0.25, -0.2) is 9.18 Å². The second kappa shape index (κ2) is 7.70. The van der Waals surface area contributed by atoms with Crippen LogP contribution in [0.5, 0.6) is 5.75 Å². The molecule has 1 heterocycles. The highest BCUT2D eigenvalue weighted by molar-refractivity contribution is 9.10. The topological polar surface area (TPSA) is 60.5 Å². The van der Waals surface area contributed by atoms with Crippen LogP contribution in [0, 0.1) is 5.82 Å². The van der Waals surface area contributed by atoms with Gasteiger partial charge < -0.3 is 14.8 Å². The quantitative estimate of drug-likeness (QED) is 0.586. The number of aromatic nitrogens is 1. The average molecular weight is 419 g/mol. The second-order valence-electron chi connectivity index (χ2n) is 5.38. The number of hydrogen-bond acceptors (Lipinski definition) is 5. The number of benzene rings is 2. The first kappa shape index (κ1) is 18.1. The smallest absolute Gasteiger partial charge is 0.341 e. The lowest BCUT2D eigenvalue weighted by molar-refractivity contribution is 0.0527.